The summed E-state index contributed by atoms with van der Waals surface area (Å²) in [5, 5.41) is 8.09. The fourth-order valence-corrected chi connectivity index (χ4v) is 6.11. The second-order valence-electron chi connectivity index (χ2n) is 10.4. The first-order valence-electron chi connectivity index (χ1n) is 13.9. The molecule has 0 saturated heterocycles. The maximum atomic E-state index is 6.38. The number of furan rings is 1. The van der Waals surface area contributed by atoms with E-state index in [1.807, 2.05) is 48.5 Å². The van der Waals surface area contributed by atoms with Crippen LogP contribution < -0.4 is 5.32 Å². The Hall–Kier alpha value is -5.19. The molecule has 0 bridgehead atoms. The van der Waals surface area contributed by atoms with E-state index >= 15 is 0 Å². The van der Waals surface area contributed by atoms with E-state index in [9.17, 15) is 0 Å². The maximum Gasteiger partial charge on any atom is 0.199 e. The molecule has 1 unspecified atom stereocenters. The molecule has 0 spiro atoms. The lowest BCUT2D eigenvalue weighted by molar-refractivity contribution is 0.669. The fraction of sp³-hybridized carbons (Fsp3) is 0.0270. The van der Waals surface area contributed by atoms with Gasteiger partial charge in [-0.25, -0.2) is 9.98 Å². The van der Waals surface area contributed by atoms with Crippen LogP contribution in [0.3, 0.4) is 0 Å². The maximum absolute atomic E-state index is 6.38. The third kappa shape index (κ3) is 4.16. The summed E-state index contributed by atoms with van der Waals surface area (Å²) in [5.74, 6) is 0.715. The summed E-state index contributed by atoms with van der Waals surface area (Å²) in [6.07, 6.45) is -0.410. The monoisotopic (exact) mass is 561 g/mol. The third-order valence-electron chi connectivity index (χ3n) is 7.89. The first-order chi connectivity index (χ1) is 20.7. The zero-order chi connectivity index (χ0) is 28.0. The summed E-state index contributed by atoms with van der Waals surface area (Å²) in [6, 6.07) is 46.0. The predicted molar refractivity (Wildman–Crippen MR) is 174 cm³/mol. The Bertz CT molecular complexity index is 2180. The van der Waals surface area contributed by atoms with Gasteiger partial charge in [0, 0.05) is 16.3 Å². The molecule has 42 heavy (non-hydrogen) atoms. The number of aliphatic imine (C=N–C) groups is 2. The van der Waals surface area contributed by atoms with Crippen LogP contribution in [0.5, 0.6) is 0 Å². The van der Waals surface area contributed by atoms with Gasteiger partial charge in [0.05, 0.1) is 0 Å². The molecule has 1 atom stereocenters. The summed E-state index contributed by atoms with van der Waals surface area (Å²) in [4.78, 5) is 9.38. The van der Waals surface area contributed by atoms with Gasteiger partial charge in [0.2, 0.25) is 0 Å². The number of fused-ring (bicyclic) bond motifs is 4. The van der Waals surface area contributed by atoms with Crippen molar-refractivity contribution in [2.24, 2.45) is 9.98 Å². The fourth-order valence-electron chi connectivity index (χ4n) is 5.93. The van der Waals surface area contributed by atoms with Gasteiger partial charge in [-0.2, -0.15) is 0 Å². The van der Waals surface area contributed by atoms with Crippen molar-refractivity contribution in [3.8, 4) is 22.3 Å². The molecule has 1 aromatic heterocycles. The number of halogens is 1. The van der Waals surface area contributed by atoms with Crippen molar-refractivity contribution in [1.82, 2.24) is 5.32 Å². The average Bonchev–Trinajstić information content (AvgIpc) is 3.44. The molecule has 5 heteroatoms. The number of rotatable bonds is 4. The Kier molecular flexibility index (Phi) is 5.87. The molecule has 2 heterocycles. The van der Waals surface area contributed by atoms with Crippen molar-refractivity contribution in [2.75, 3.05) is 0 Å². The lowest BCUT2D eigenvalue weighted by atomic mass is 9.90. The molecular weight excluding hydrogens is 538 g/mol. The minimum Gasteiger partial charge on any atom is -0.456 e. The van der Waals surface area contributed by atoms with E-state index in [1.54, 1.807) is 0 Å². The molecule has 6 aromatic carbocycles. The van der Waals surface area contributed by atoms with Crippen molar-refractivity contribution in [1.29, 1.82) is 0 Å². The highest BCUT2D eigenvalue weighted by atomic mass is 35.5. The van der Waals surface area contributed by atoms with Gasteiger partial charge in [-0.3, -0.25) is 0 Å². The number of amidine groups is 2. The SMILES string of the molecule is ClC1=NC(c2ccc(-c3ccc(-c4cccc5oc6ccccc6c45)c4ccccc34)cc2)N=C(c2ccccc2)N1. The van der Waals surface area contributed by atoms with Crippen LogP contribution in [0, 0.1) is 0 Å². The van der Waals surface area contributed by atoms with E-state index in [-0.39, 0.29) is 0 Å². The molecule has 1 aliphatic heterocycles. The van der Waals surface area contributed by atoms with Crippen molar-refractivity contribution in [3.63, 3.8) is 0 Å². The van der Waals surface area contributed by atoms with E-state index in [0.717, 1.165) is 38.6 Å². The van der Waals surface area contributed by atoms with Gasteiger partial charge in [0.15, 0.2) is 11.5 Å². The average molecular weight is 562 g/mol. The second-order valence-corrected chi connectivity index (χ2v) is 10.7. The molecule has 200 valence electrons. The number of hydrogen-bond donors (Lipinski definition) is 1. The van der Waals surface area contributed by atoms with Crippen LogP contribution in [0.4, 0.5) is 0 Å². The molecule has 4 nitrogen and oxygen atoms in total. The third-order valence-corrected chi connectivity index (χ3v) is 8.08. The Balaban J connectivity index is 1.20. The van der Waals surface area contributed by atoms with E-state index in [0.29, 0.717) is 11.1 Å². The summed E-state index contributed by atoms with van der Waals surface area (Å²) >= 11 is 6.38. The lowest BCUT2D eigenvalue weighted by Crippen LogP contribution is -2.32. The zero-order valence-electron chi connectivity index (χ0n) is 22.5. The van der Waals surface area contributed by atoms with Gasteiger partial charge < -0.3 is 9.73 Å². The standard InChI is InChI=1S/C37H24ClN3O/c38-37-40-35(24-9-2-1-3-10-24)39-36(41-37)25-19-17-23(18-20-25)26-21-22-29(28-12-5-4-11-27(26)28)30-14-8-16-33-34(30)31-13-6-7-15-32(31)42-33/h1-22,36H,(H,39,40,41). The van der Waals surface area contributed by atoms with Gasteiger partial charge >= 0.3 is 0 Å². The summed E-state index contributed by atoms with van der Waals surface area (Å²) in [5.41, 5.74) is 8.41. The molecule has 0 fully saturated rings. The molecule has 0 saturated carbocycles. The predicted octanol–water partition coefficient (Wildman–Crippen LogP) is 9.72. The van der Waals surface area contributed by atoms with E-state index in [4.69, 9.17) is 21.0 Å². The number of nitrogens with zero attached hydrogens (tertiary/aromatic N) is 2. The number of nitrogens with one attached hydrogen (secondary N) is 1. The lowest BCUT2D eigenvalue weighted by Gasteiger charge is -2.19. The second kappa shape index (κ2) is 10.0. The summed E-state index contributed by atoms with van der Waals surface area (Å²) < 4.78 is 6.19. The largest absolute Gasteiger partial charge is 0.456 e. The molecule has 0 aliphatic carbocycles. The Morgan fingerprint density at radius 1 is 0.524 bits per heavy atom. The topological polar surface area (TPSA) is 49.9 Å². The quantitative estimate of drug-likeness (QED) is 0.217. The smallest absolute Gasteiger partial charge is 0.199 e. The minimum atomic E-state index is -0.410. The van der Waals surface area contributed by atoms with Gasteiger partial charge in [0.25, 0.3) is 0 Å². The van der Waals surface area contributed by atoms with Crippen molar-refractivity contribution >= 4 is 55.4 Å². The van der Waals surface area contributed by atoms with Crippen LogP contribution in [0.15, 0.2) is 148 Å². The van der Waals surface area contributed by atoms with Gasteiger partial charge in [-0.15, -0.1) is 0 Å². The Labute approximate surface area is 247 Å². The van der Waals surface area contributed by atoms with E-state index < -0.39 is 6.17 Å². The van der Waals surface area contributed by atoms with Gasteiger partial charge in [0.1, 0.15) is 17.0 Å². The van der Waals surface area contributed by atoms with Crippen LogP contribution in [-0.4, -0.2) is 11.1 Å². The molecule has 0 amide bonds. The van der Waals surface area contributed by atoms with Crippen LogP contribution in [0.2, 0.25) is 0 Å². The van der Waals surface area contributed by atoms with E-state index in [2.05, 4.69) is 95.2 Å². The van der Waals surface area contributed by atoms with Gasteiger partial charge in [-0.05, 0) is 62.3 Å². The highest BCUT2D eigenvalue weighted by Crippen LogP contribution is 2.41. The van der Waals surface area contributed by atoms with Crippen LogP contribution >= 0.6 is 11.6 Å². The highest BCUT2D eigenvalue weighted by Gasteiger charge is 2.19. The van der Waals surface area contributed by atoms with Crippen LogP contribution in [0.25, 0.3) is 55.0 Å². The molecule has 8 rings (SSSR count). The van der Waals surface area contributed by atoms with Crippen molar-refractivity contribution in [3.05, 3.63) is 145 Å². The first-order valence-corrected chi connectivity index (χ1v) is 14.3. The van der Waals surface area contributed by atoms with Crippen LogP contribution in [-0.2, 0) is 0 Å². The molecule has 0 radical (unpaired) electrons. The van der Waals surface area contributed by atoms with Crippen molar-refractivity contribution < 1.29 is 4.42 Å². The normalized spacial score (nSPS) is 15.0. The summed E-state index contributed by atoms with van der Waals surface area (Å²) in [7, 11) is 0. The minimum absolute atomic E-state index is 0.333. The number of benzene rings is 6. The van der Waals surface area contributed by atoms with E-state index in [1.165, 1.54) is 27.5 Å². The van der Waals surface area contributed by atoms with Crippen molar-refractivity contribution in [2.45, 2.75) is 6.17 Å². The number of hydrogen-bond acceptors (Lipinski definition) is 4. The molecule has 1 aliphatic rings. The zero-order valence-corrected chi connectivity index (χ0v) is 23.2. The summed E-state index contributed by atoms with van der Waals surface area (Å²) in [6.45, 7) is 0. The molecular formula is C37H24ClN3O. The van der Waals surface area contributed by atoms with Gasteiger partial charge in [-0.1, -0.05) is 121 Å². The Morgan fingerprint density at radius 3 is 2.00 bits per heavy atom. The number of para-hydroxylation sites is 1. The first kappa shape index (κ1) is 24.6. The molecule has 1 N–H and O–H groups in total. The highest BCUT2D eigenvalue weighted by molar-refractivity contribution is 6.66. The molecule has 7 aromatic rings. The van der Waals surface area contributed by atoms with Crippen LogP contribution in [0.1, 0.15) is 17.3 Å². The Morgan fingerprint density at radius 2 is 1.19 bits per heavy atom.